The van der Waals surface area contributed by atoms with Gasteiger partial charge in [-0.05, 0) is 41.8 Å². The van der Waals surface area contributed by atoms with Crippen molar-refractivity contribution in [2.24, 2.45) is 0 Å². The van der Waals surface area contributed by atoms with Gasteiger partial charge in [-0.25, -0.2) is 4.39 Å². The molecule has 20 heavy (non-hydrogen) atoms. The van der Waals surface area contributed by atoms with Gasteiger partial charge in [0, 0.05) is 11.6 Å². The van der Waals surface area contributed by atoms with Gasteiger partial charge in [0.15, 0.2) is 0 Å². The molecule has 3 heteroatoms. The summed E-state index contributed by atoms with van der Waals surface area (Å²) < 4.78 is 13.6. The molecule has 2 nitrogen and oxygen atoms in total. The normalized spacial score (nSPS) is 12.6. The highest BCUT2D eigenvalue weighted by Crippen LogP contribution is 2.28. The molecule has 0 bridgehead atoms. The topological polar surface area (TPSA) is 33.1 Å². The van der Waals surface area contributed by atoms with Crippen LogP contribution in [0.25, 0.3) is 10.9 Å². The van der Waals surface area contributed by atoms with Gasteiger partial charge in [-0.3, -0.25) is 4.98 Å². The fourth-order valence-corrected chi connectivity index (χ4v) is 2.32. The van der Waals surface area contributed by atoms with Crippen LogP contribution < -0.4 is 0 Å². The second-order valence-corrected chi connectivity index (χ2v) is 4.83. The zero-order valence-corrected chi connectivity index (χ0v) is 11.0. The summed E-state index contributed by atoms with van der Waals surface area (Å²) in [6.45, 7) is 1.70. The van der Waals surface area contributed by atoms with Gasteiger partial charge < -0.3 is 5.11 Å². The molecule has 1 heterocycles. The van der Waals surface area contributed by atoms with Crippen LogP contribution in [-0.4, -0.2) is 10.1 Å². The summed E-state index contributed by atoms with van der Waals surface area (Å²) in [6.07, 6.45) is 0.795. The Bertz CT molecular complexity index is 765. The lowest BCUT2D eigenvalue weighted by Crippen LogP contribution is -2.02. The van der Waals surface area contributed by atoms with Gasteiger partial charge in [-0.2, -0.15) is 0 Å². The largest absolute Gasteiger partial charge is 0.384 e. The van der Waals surface area contributed by atoms with E-state index in [0.717, 1.165) is 16.5 Å². The number of hydrogen-bond donors (Lipinski definition) is 1. The zero-order chi connectivity index (χ0) is 14.1. The highest BCUT2D eigenvalue weighted by Gasteiger charge is 2.15. The van der Waals surface area contributed by atoms with Crippen molar-refractivity contribution in [1.29, 1.82) is 0 Å². The molecule has 0 aliphatic rings. The number of aliphatic hydroxyl groups excluding tert-OH is 1. The first kappa shape index (κ1) is 12.8. The van der Waals surface area contributed by atoms with Crippen molar-refractivity contribution in [1.82, 2.24) is 4.98 Å². The van der Waals surface area contributed by atoms with Crippen molar-refractivity contribution in [3.05, 3.63) is 77.2 Å². The summed E-state index contributed by atoms with van der Waals surface area (Å²) in [5, 5.41) is 11.4. The Labute approximate surface area is 116 Å². The molecule has 0 aliphatic heterocycles. The molecule has 1 N–H and O–H groups in total. The molecule has 0 saturated carbocycles. The Balaban J connectivity index is 2.12. The third-order valence-electron chi connectivity index (χ3n) is 3.49. The van der Waals surface area contributed by atoms with Crippen molar-refractivity contribution in [2.45, 2.75) is 13.0 Å². The highest BCUT2D eigenvalue weighted by molar-refractivity contribution is 5.82. The average Bonchev–Trinajstić information content (AvgIpc) is 2.49. The van der Waals surface area contributed by atoms with Crippen molar-refractivity contribution in [3.63, 3.8) is 0 Å². The summed E-state index contributed by atoms with van der Waals surface area (Å²) in [6, 6.07) is 14.2. The molecule has 0 amide bonds. The van der Waals surface area contributed by atoms with Crippen LogP contribution in [0, 0.1) is 12.7 Å². The minimum absolute atomic E-state index is 0.306. The van der Waals surface area contributed by atoms with Gasteiger partial charge in [0.2, 0.25) is 0 Å². The number of aliphatic hydroxyl groups is 1. The maximum absolute atomic E-state index is 13.6. The smallest absolute Gasteiger partial charge is 0.126 e. The molecule has 2 aromatic carbocycles. The van der Waals surface area contributed by atoms with E-state index in [0.29, 0.717) is 11.1 Å². The lowest BCUT2D eigenvalue weighted by molar-refractivity contribution is 0.221. The predicted molar refractivity (Wildman–Crippen MR) is 76.9 cm³/mol. The minimum atomic E-state index is -0.863. The summed E-state index contributed by atoms with van der Waals surface area (Å²) in [5.41, 5.74) is 2.67. The van der Waals surface area contributed by atoms with Crippen LogP contribution in [-0.2, 0) is 0 Å². The lowest BCUT2D eigenvalue weighted by Gasteiger charge is -2.14. The Hall–Kier alpha value is -2.26. The van der Waals surface area contributed by atoms with Crippen molar-refractivity contribution in [2.75, 3.05) is 0 Å². The van der Waals surface area contributed by atoms with Crippen LogP contribution in [0.5, 0.6) is 0 Å². The second kappa shape index (κ2) is 5.02. The first-order chi connectivity index (χ1) is 9.66. The van der Waals surface area contributed by atoms with Gasteiger partial charge >= 0.3 is 0 Å². The number of halogens is 1. The molecule has 0 aliphatic carbocycles. The predicted octanol–water partition coefficient (Wildman–Crippen LogP) is 3.76. The second-order valence-electron chi connectivity index (χ2n) is 4.83. The van der Waals surface area contributed by atoms with E-state index in [1.54, 1.807) is 31.3 Å². The lowest BCUT2D eigenvalue weighted by atomic mass is 9.97. The third kappa shape index (κ3) is 2.17. The van der Waals surface area contributed by atoms with Crippen LogP contribution in [0.3, 0.4) is 0 Å². The van der Waals surface area contributed by atoms with E-state index >= 15 is 0 Å². The molecular formula is C17H14FNO. The monoisotopic (exact) mass is 267 g/mol. The Kier molecular flexibility index (Phi) is 3.20. The summed E-state index contributed by atoms with van der Waals surface area (Å²) in [5.74, 6) is -0.306. The van der Waals surface area contributed by atoms with E-state index in [4.69, 9.17) is 0 Å². The summed E-state index contributed by atoms with van der Waals surface area (Å²) >= 11 is 0. The Morgan fingerprint density at radius 3 is 2.70 bits per heavy atom. The van der Waals surface area contributed by atoms with Gasteiger partial charge in [0.25, 0.3) is 0 Å². The van der Waals surface area contributed by atoms with Crippen LogP contribution in [0.15, 0.2) is 54.7 Å². The number of hydrogen-bond acceptors (Lipinski definition) is 2. The van der Waals surface area contributed by atoms with E-state index < -0.39 is 6.10 Å². The Morgan fingerprint density at radius 1 is 1.10 bits per heavy atom. The van der Waals surface area contributed by atoms with Crippen molar-refractivity contribution >= 4 is 10.9 Å². The molecule has 3 aromatic rings. The molecule has 1 unspecified atom stereocenters. The van der Waals surface area contributed by atoms with E-state index in [1.165, 1.54) is 6.07 Å². The molecule has 3 rings (SSSR count). The van der Waals surface area contributed by atoms with Crippen LogP contribution in [0.4, 0.5) is 4.39 Å². The van der Waals surface area contributed by atoms with Crippen molar-refractivity contribution < 1.29 is 9.50 Å². The highest BCUT2D eigenvalue weighted by atomic mass is 19.1. The number of nitrogens with zero attached hydrogens (tertiary/aromatic N) is 1. The molecule has 1 aromatic heterocycles. The molecule has 0 saturated heterocycles. The standard InChI is InChI=1S/C17H14FNO/c1-11-6-7-12(10-15(11)18)17(20)14-8-9-19-16-5-3-2-4-13(14)16/h2-10,17,20H,1H3. The van der Waals surface area contributed by atoms with Gasteiger partial charge in [0.05, 0.1) is 5.52 Å². The minimum Gasteiger partial charge on any atom is -0.384 e. The quantitative estimate of drug-likeness (QED) is 0.766. The SMILES string of the molecule is Cc1ccc(C(O)c2ccnc3ccccc23)cc1F. The molecule has 100 valence electrons. The van der Waals surface area contributed by atoms with Crippen molar-refractivity contribution in [3.8, 4) is 0 Å². The number of rotatable bonds is 2. The number of benzene rings is 2. The first-order valence-corrected chi connectivity index (χ1v) is 6.44. The van der Waals surface area contributed by atoms with Crippen LogP contribution in [0.2, 0.25) is 0 Å². The molecule has 1 atom stereocenters. The third-order valence-corrected chi connectivity index (χ3v) is 3.49. The maximum atomic E-state index is 13.6. The number of aryl methyl sites for hydroxylation is 1. The fraction of sp³-hybridized carbons (Fsp3) is 0.118. The number of pyridine rings is 1. The maximum Gasteiger partial charge on any atom is 0.126 e. The van der Waals surface area contributed by atoms with Gasteiger partial charge in [0.1, 0.15) is 11.9 Å². The number of para-hydroxylation sites is 1. The van der Waals surface area contributed by atoms with Crippen LogP contribution in [0.1, 0.15) is 22.8 Å². The zero-order valence-electron chi connectivity index (χ0n) is 11.0. The number of aromatic nitrogens is 1. The van der Waals surface area contributed by atoms with E-state index in [-0.39, 0.29) is 5.82 Å². The fourth-order valence-electron chi connectivity index (χ4n) is 2.32. The number of fused-ring (bicyclic) bond motifs is 1. The van der Waals surface area contributed by atoms with Crippen LogP contribution >= 0.6 is 0 Å². The molecular weight excluding hydrogens is 253 g/mol. The van der Waals surface area contributed by atoms with Gasteiger partial charge in [-0.1, -0.05) is 30.3 Å². The summed E-state index contributed by atoms with van der Waals surface area (Å²) in [4.78, 5) is 4.26. The Morgan fingerprint density at radius 2 is 1.90 bits per heavy atom. The molecule has 0 radical (unpaired) electrons. The molecule has 0 fully saturated rings. The summed E-state index contributed by atoms with van der Waals surface area (Å²) in [7, 11) is 0. The first-order valence-electron chi connectivity index (χ1n) is 6.44. The van der Waals surface area contributed by atoms with E-state index in [2.05, 4.69) is 4.98 Å². The molecule has 0 spiro atoms. The van der Waals surface area contributed by atoms with E-state index in [9.17, 15) is 9.50 Å². The average molecular weight is 267 g/mol. The van der Waals surface area contributed by atoms with E-state index in [1.807, 2.05) is 24.3 Å². The van der Waals surface area contributed by atoms with Gasteiger partial charge in [-0.15, -0.1) is 0 Å².